The fraction of sp³-hybridized carbons (Fsp3) is 0.750. The highest BCUT2D eigenvalue weighted by molar-refractivity contribution is 7.99. The Morgan fingerprint density at radius 1 is 1.25 bits per heavy atom. The molecule has 2 rings (SSSR count). The molecule has 1 atom stereocenters. The molecular weight excluding hydrogens is 282 g/mol. The maximum absolute atomic E-state index is 12.3. The average molecular weight is 301 g/mol. The third-order valence-corrected chi connectivity index (χ3v) is 4.60. The van der Waals surface area contributed by atoms with Gasteiger partial charge in [-0.15, -0.1) is 11.8 Å². The normalized spacial score (nSPS) is 23.8. The fourth-order valence-corrected chi connectivity index (χ4v) is 3.66. The van der Waals surface area contributed by atoms with Gasteiger partial charge in [-0.2, -0.15) is 0 Å². The van der Waals surface area contributed by atoms with Gasteiger partial charge in [0.2, 0.25) is 5.91 Å². The molecule has 0 unspecified atom stereocenters. The van der Waals surface area contributed by atoms with Crippen molar-refractivity contribution >= 4 is 29.7 Å². The topological polar surface area (TPSA) is 90.0 Å². The van der Waals surface area contributed by atoms with E-state index in [1.807, 2.05) is 0 Å². The molecular formula is C12H19N3O4S. The molecule has 0 spiro atoms. The molecule has 2 N–H and O–H groups in total. The number of thioether (sulfide) groups is 1. The third kappa shape index (κ3) is 3.36. The van der Waals surface area contributed by atoms with Crippen molar-refractivity contribution in [2.24, 2.45) is 0 Å². The van der Waals surface area contributed by atoms with Crippen LogP contribution in [-0.4, -0.2) is 69.6 Å². The maximum Gasteiger partial charge on any atom is 0.327 e. The number of nitrogens with one attached hydrogen (secondary N) is 1. The minimum Gasteiger partial charge on any atom is -0.480 e. The number of carbonyl (C=O) groups excluding carboxylic acids is 2. The summed E-state index contributed by atoms with van der Waals surface area (Å²) in [6, 6.07) is -0.816. The number of urea groups is 1. The predicted molar refractivity (Wildman–Crippen MR) is 74.4 cm³/mol. The van der Waals surface area contributed by atoms with Gasteiger partial charge in [0.15, 0.2) is 0 Å². The molecule has 2 saturated heterocycles. The van der Waals surface area contributed by atoms with Gasteiger partial charge < -0.3 is 20.2 Å². The van der Waals surface area contributed by atoms with Gasteiger partial charge in [0.25, 0.3) is 0 Å². The highest BCUT2D eigenvalue weighted by Gasteiger charge is 2.37. The summed E-state index contributed by atoms with van der Waals surface area (Å²) in [5.41, 5.74) is 0. The average Bonchev–Trinajstić information content (AvgIpc) is 2.87. The summed E-state index contributed by atoms with van der Waals surface area (Å²) >= 11 is 1.46. The Kier molecular flexibility index (Phi) is 4.74. The molecule has 0 aliphatic carbocycles. The molecule has 2 fully saturated rings. The Bertz CT molecular complexity index is 410. The number of carboxylic acid groups (broad SMARTS) is 1. The summed E-state index contributed by atoms with van der Waals surface area (Å²) in [7, 11) is 0. The monoisotopic (exact) mass is 301 g/mol. The lowest BCUT2D eigenvalue weighted by Gasteiger charge is -2.35. The molecule has 3 amide bonds. The molecule has 0 aromatic rings. The Hall–Kier alpha value is -1.44. The Morgan fingerprint density at radius 3 is 2.45 bits per heavy atom. The van der Waals surface area contributed by atoms with Gasteiger partial charge in [-0.1, -0.05) is 0 Å². The summed E-state index contributed by atoms with van der Waals surface area (Å²) in [4.78, 5) is 37.5. The second-order valence-electron chi connectivity index (χ2n) is 5.07. The standard InChI is InChI=1S/C12H19N3O4S/c1-8(16)13-9-2-4-14(5-3-9)12(19)15-7-20-6-10(15)11(17)18/h9-10H,2-7H2,1H3,(H,13,16)(H,17,18)/t10-/m0/s1. The van der Waals surface area contributed by atoms with Crippen LogP contribution in [-0.2, 0) is 9.59 Å². The van der Waals surface area contributed by atoms with E-state index in [-0.39, 0.29) is 18.0 Å². The van der Waals surface area contributed by atoms with E-state index in [9.17, 15) is 14.4 Å². The molecule has 0 saturated carbocycles. The third-order valence-electron chi connectivity index (χ3n) is 3.59. The van der Waals surface area contributed by atoms with Crippen molar-refractivity contribution in [1.82, 2.24) is 15.1 Å². The van der Waals surface area contributed by atoms with Crippen molar-refractivity contribution in [1.29, 1.82) is 0 Å². The van der Waals surface area contributed by atoms with Crippen molar-refractivity contribution < 1.29 is 19.5 Å². The quantitative estimate of drug-likeness (QED) is 0.758. The molecule has 0 radical (unpaired) electrons. The Labute approximate surface area is 121 Å². The van der Waals surface area contributed by atoms with E-state index in [4.69, 9.17) is 5.11 Å². The van der Waals surface area contributed by atoms with Crippen LogP contribution in [0.1, 0.15) is 19.8 Å². The number of piperidine rings is 1. The summed E-state index contributed by atoms with van der Waals surface area (Å²) < 4.78 is 0. The Balaban J connectivity index is 1.88. The molecule has 0 aromatic heterocycles. The first-order valence-corrected chi connectivity index (χ1v) is 7.77. The summed E-state index contributed by atoms with van der Waals surface area (Å²) in [6.45, 7) is 2.59. The van der Waals surface area contributed by atoms with Crippen LogP contribution in [0.5, 0.6) is 0 Å². The molecule has 2 aliphatic rings. The zero-order valence-corrected chi connectivity index (χ0v) is 12.2. The summed E-state index contributed by atoms with van der Waals surface area (Å²) in [5.74, 6) is -0.127. The lowest BCUT2D eigenvalue weighted by molar-refractivity contribution is -0.141. The highest BCUT2D eigenvalue weighted by Crippen LogP contribution is 2.23. The van der Waals surface area contributed by atoms with Gasteiger partial charge >= 0.3 is 12.0 Å². The Morgan fingerprint density at radius 2 is 1.90 bits per heavy atom. The second-order valence-corrected chi connectivity index (χ2v) is 6.07. The molecule has 2 aliphatic heterocycles. The van der Waals surface area contributed by atoms with E-state index in [0.29, 0.717) is 37.6 Å². The number of carbonyl (C=O) groups is 3. The predicted octanol–water partition coefficient (Wildman–Crippen LogP) is 0.166. The van der Waals surface area contributed by atoms with Crippen LogP contribution in [0.15, 0.2) is 0 Å². The van der Waals surface area contributed by atoms with E-state index in [1.54, 1.807) is 4.90 Å². The first-order valence-electron chi connectivity index (χ1n) is 6.62. The van der Waals surface area contributed by atoms with Crippen LogP contribution in [0.3, 0.4) is 0 Å². The van der Waals surface area contributed by atoms with Gasteiger partial charge in [-0.05, 0) is 12.8 Å². The van der Waals surface area contributed by atoms with Crippen molar-refractivity contribution in [2.45, 2.75) is 31.8 Å². The van der Waals surface area contributed by atoms with E-state index in [1.165, 1.54) is 23.6 Å². The van der Waals surface area contributed by atoms with Crippen molar-refractivity contribution in [3.05, 3.63) is 0 Å². The van der Waals surface area contributed by atoms with E-state index in [2.05, 4.69) is 5.32 Å². The van der Waals surface area contributed by atoms with E-state index < -0.39 is 12.0 Å². The highest BCUT2D eigenvalue weighted by atomic mass is 32.2. The number of rotatable bonds is 2. The smallest absolute Gasteiger partial charge is 0.327 e. The van der Waals surface area contributed by atoms with Crippen molar-refractivity contribution in [2.75, 3.05) is 24.7 Å². The zero-order chi connectivity index (χ0) is 14.7. The van der Waals surface area contributed by atoms with Crippen LogP contribution >= 0.6 is 11.8 Å². The van der Waals surface area contributed by atoms with Crippen LogP contribution in [0.4, 0.5) is 4.79 Å². The first-order chi connectivity index (χ1) is 9.49. The summed E-state index contributed by atoms with van der Waals surface area (Å²) in [6.07, 6.45) is 1.42. The number of carboxylic acids is 1. The van der Waals surface area contributed by atoms with Crippen LogP contribution < -0.4 is 5.32 Å². The molecule has 0 aromatic carbocycles. The zero-order valence-electron chi connectivity index (χ0n) is 11.4. The van der Waals surface area contributed by atoms with E-state index in [0.717, 1.165) is 0 Å². The first kappa shape index (κ1) is 15.0. The minimum absolute atomic E-state index is 0.0586. The lowest BCUT2D eigenvalue weighted by Crippen LogP contribution is -2.53. The second kappa shape index (κ2) is 6.34. The van der Waals surface area contributed by atoms with Crippen molar-refractivity contribution in [3.8, 4) is 0 Å². The number of nitrogens with zero attached hydrogens (tertiary/aromatic N) is 2. The van der Waals surface area contributed by atoms with Crippen LogP contribution in [0, 0.1) is 0 Å². The number of hydrogen-bond donors (Lipinski definition) is 2. The van der Waals surface area contributed by atoms with Gasteiger partial charge in [-0.25, -0.2) is 9.59 Å². The lowest BCUT2D eigenvalue weighted by atomic mass is 10.1. The molecule has 2 heterocycles. The van der Waals surface area contributed by atoms with Gasteiger partial charge in [-0.3, -0.25) is 4.79 Å². The number of hydrogen-bond acceptors (Lipinski definition) is 4. The van der Waals surface area contributed by atoms with Crippen molar-refractivity contribution in [3.63, 3.8) is 0 Å². The minimum atomic E-state index is -0.948. The fourth-order valence-electron chi connectivity index (χ4n) is 2.52. The molecule has 7 nitrogen and oxygen atoms in total. The van der Waals surface area contributed by atoms with E-state index >= 15 is 0 Å². The molecule has 20 heavy (non-hydrogen) atoms. The number of likely N-dealkylation sites (tertiary alicyclic amines) is 1. The SMILES string of the molecule is CC(=O)NC1CCN(C(=O)N2CSC[C@H]2C(=O)O)CC1. The van der Waals surface area contributed by atoms with Gasteiger partial charge in [0, 0.05) is 31.8 Å². The number of aliphatic carboxylic acids is 1. The van der Waals surface area contributed by atoms with Crippen LogP contribution in [0.25, 0.3) is 0 Å². The largest absolute Gasteiger partial charge is 0.480 e. The van der Waals surface area contributed by atoms with Gasteiger partial charge in [0.05, 0.1) is 5.88 Å². The van der Waals surface area contributed by atoms with Crippen LogP contribution in [0.2, 0.25) is 0 Å². The maximum atomic E-state index is 12.3. The summed E-state index contributed by atoms with van der Waals surface area (Å²) in [5, 5.41) is 11.9. The molecule has 8 heteroatoms. The molecule has 0 bridgehead atoms. The number of amides is 3. The molecule has 112 valence electrons. The van der Waals surface area contributed by atoms with Gasteiger partial charge in [0.1, 0.15) is 6.04 Å².